The molecule has 0 aliphatic carbocycles. The molecule has 0 bridgehead atoms. The number of fused-ring (bicyclic) bond motifs is 1. The Hall–Kier alpha value is -2.72. The number of nitrogens with one attached hydrogen (secondary N) is 2. The van der Waals surface area contributed by atoms with Crippen molar-refractivity contribution in [3.63, 3.8) is 0 Å². The second kappa shape index (κ2) is 7.51. The van der Waals surface area contributed by atoms with Gasteiger partial charge in [-0.3, -0.25) is 5.10 Å². The Morgan fingerprint density at radius 3 is 2.73 bits per heavy atom. The third kappa shape index (κ3) is 4.24. The lowest BCUT2D eigenvalue weighted by Gasteiger charge is -2.37. The third-order valence-corrected chi connectivity index (χ3v) is 5.07. The number of rotatable bonds is 4. The first kappa shape index (κ1) is 20.5. The first-order chi connectivity index (χ1) is 14.1. The summed E-state index contributed by atoms with van der Waals surface area (Å²) in [7, 11) is 0. The van der Waals surface area contributed by atoms with Gasteiger partial charge < -0.3 is 15.3 Å². The molecule has 30 heavy (non-hydrogen) atoms. The first-order valence-electron chi connectivity index (χ1n) is 9.70. The molecule has 1 atom stereocenters. The number of hydrogen-bond acceptors (Lipinski definition) is 6. The van der Waals surface area contributed by atoms with Crippen LogP contribution >= 0.6 is 0 Å². The first-order valence-corrected chi connectivity index (χ1v) is 9.70. The lowest BCUT2D eigenvalue weighted by atomic mass is 9.97. The van der Waals surface area contributed by atoms with Gasteiger partial charge in [0.2, 0.25) is 0 Å². The number of aromatic amines is 1. The number of hydrogen-bond donors (Lipinski definition) is 3. The standard InChI is InChI=1S/C20H23F3N6O/c1-19(2,30)10-12-11-29(9-8-24-12)15-6-5-14(20(21,22)23)17(26-15)16-13-4-3-7-25-18(13)28-27-16/h3-7,12,24,30H,8-11H2,1-2H3,(H,25,27,28). The van der Waals surface area contributed by atoms with Crippen LogP contribution in [0.25, 0.3) is 22.4 Å². The molecule has 7 nitrogen and oxygen atoms in total. The molecule has 1 aliphatic heterocycles. The van der Waals surface area contributed by atoms with Crippen LogP contribution in [0.3, 0.4) is 0 Å². The molecule has 3 aromatic heterocycles. The molecular weight excluding hydrogens is 397 g/mol. The monoisotopic (exact) mass is 420 g/mol. The molecule has 0 aromatic carbocycles. The van der Waals surface area contributed by atoms with Crippen molar-refractivity contribution in [2.75, 3.05) is 24.5 Å². The van der Waals surface area contributed by atoms with Crippen molar-refractivity contribution in [2.45, 2.75) is 38.1 Å². The number of piperazine rings is 1. The SMILES string of the molecule is CC(C)(O)CC1CN(c2ccc(C(F)(F)F)c(-c3n[nH]c4ncccc34)n2)CCN1. The zero-order valence-electron chi connectivity index (χ0n) is 16.7. The summed E-state index contributed by atoms with van der Waals surface area (Å²) < 4.78 is 41.2. The van der Waals surface area contributed by atoms with E-state index in [0.29, 0.717) is 42.9 Å². The largest absolute Gasteiger partial charge is 0.418 e. The molecule has 3 aromatic rings. The minimum absolute atomic E-state index is 0.00158. The number of halogens is 3. The van der Waals surface area contributed by atoms with E-state index in [1.165, 1.54) is 6.07 Å². The zero-order chi connectivity index (χ0) is 21.5. The van der Waals surface area contributed by atoms with Crippen LogP contribution in [0.4, 0.5) is 19.0 Å². The smallest absolute Gasteiger partial charge is 0.390 e. The topological polar surface area (TPSA) is 90.0 Å². The number of aliphatic hydroxyl groups is 1. The molecule has 0 spiro atoms. The highest BCUT2D eigenvalue weighted by Gasteiger charge is 2.36. The fourth-order valence-electron chi connectivity index (χ4n) is 3.84. The molecular formula is C20H23F3N6O. The van der Waals surface area contributed by atoms with Gasteiger partial charge >= 0.3 is 6.18 Å². The summed E-state index contributed by atoms with van der Waals surface area (Å²) in [4.78, 5) is 10.4. The maximum absolute atomic E-state index is 13.7. The minimum Gasteiger partial charge on any atom is -0.390 e. The van der Waals surface area contributed by atoms with Crippen LogP contribution in [0.5, 0.6) is 0 Å². The molecule has 3 N–H and O–H groups in total. The van der Waals surface area contributed by atoms with E-state index in [0.717, 1.165) is 6.07 Å². The van der Waals surface area contributed by atoms with Crippen molar-refractivity contribution in [1.29, 1.82) is 0 Å². The molecule has 1 aliphatic rings. The van der Waals surface area contributed by atoms with Gasteiger partial charge in [0.1, 0.15) is 17.2 Å². The summed E-state index contributed by atoms with van der Waals surface area (Å²) in [6.07, 6.45) is -2.50. The van der Waals surface area contributed by atoms with Gasteiger partial charge in [-0.15, -0.1) is 0 Å². The summed E-state index contributed by atoms with van der Waals surface area (Å²) in [5, 5.41) is 20.7. The van der Waals surface area contributed by atoms with E-state index in [1.807, 2.05) is 4.90 Å². The van der Waals surface area contributed by atoms with Gasteiger partial charge in [0.15, 0.2) is 5.65 Å². The Morgan fingerprint density at radius 1 is 1.20 bits per heavy atom. The summed E-state index contributed by atoms with van der Waals surface area (Å²) >= 11 is 0. The Bertz CT molecular complexity index is 1040. The van der Waals surface area contributed by atoms with Gasteiger partial charge in [-0.2, -0.15) is 18.3 Å². The van der Waals surface area contributed by atoms with Gasteiger partial charge in [-0.05, 0) is 44.5 Å². The van der Waals surface area contributed by atoms with E-state index in [1.54, 1.807) is 32.2 Å². The van der Waals surface area contributed by atoms with E-state index in [9.17, 15) is 18.3 Å². The van der Waals surface area contributed by atoms with E-state index < -0.39 is 17.3 Å². The molecule has 0 amide bonds. The molecule has 160 valence electrons. The highest BCUT2D eigenvalue weighted by Crippen LogP contribution is 2.38. The van der Waals surface area contributed by atoms with Crippen molar-refractivity contribution in [3.8, 4) is 11.4 Å². The van der Waals surface area contributed by atoms with E-state index >= 15 is 0 Å². The summed E-state index contributed by atoms with van der Waals surface area (Å²) in [6, 6.07) is 5.77. The van der Waals surface area contributed by atoms with Crippen molar-refractivity contribution in [1.82, 2.24) is 25.5 Å². The Labute approximate surface area is 171 Å². The highest BCUT2D eigenvalue weighted by molar-refractivity contribution is 5.90. The highest BCUT2D eigenvalue weighted by atomic mass is 19.4. The fourth-order valence-corrected chi connectivity index (χ4v) is 3.84. The Kier molecular flexibility index (Phi) is 5.15. The van der Waals surface area contributed by atoms with Crippen LogP contribution in [-0.4, -0.2) is 56.5 Å². The molecule has 1 saturated heterocycles. The van der Waals surface area contributed by atoms with Gasteiger partial charge in [-0.1, -0.05) is 0 Å². The van der Waals surface area contributed by atoms with Crippen LogP contribution in [0.2, 0.25) is 0 Å². The average molecular weight is 420 g/mol. The lowest BCUT2D eigenvalue weighted by molar-refractivity contribution is -0.137. The van der Waals surface area contributed by atoms with E-state index in [4.69, 9.17) is 0 Å². The van der Waals surface area contributed by atoms with Gasteiger partial charge in [-0.25, -0.2) is 9.97 Å². The molecule has 4 rings (SSSR count). The van der Waals surface area contributed by atoms with E-state index in [2.05, 4.69) is 25.5 Å². The van der Waals surface area contributed by atoms with Crippen LogP contribution in [0.1, 0.15) is 25.8 Å². The molecule has 0 saturated carbocycles. The van der Waals surface area contributed by atoms with Crippen molar-refractivity contribution < 1.29 is 18.3 Å². The predicted molar refractivity (Wildman–Crippen MR) is 107 cm³/mol. The predicted octanol–water partition coefficient (Wildman–Crippen LogP) is 2.98. The van der Waals surface area contributed by atoms with Gasteiger partial charge in [0.25, 0.3) is 0 Å². The summed E-state index contributed by atoms with van der Waals surface area (Å²) in [5.41, 5.74) is -1.39. The van der Waals surface area contributed by atoms with E-state index in [-0.39, 0.29) is 17.4 Å². The maximum atomic E-state index is 13.7. The minimum atomic E-state index is -4.57. The van der Waals surface area contributed by atoms with Crippen LogP contribution in [-0.2, 0) is 6.18 Å². The number of alkyl halides is 3. The van der Waals surface area contributed by atoms with Gasteiger partial charge in [0.05, 0.1) is 11.2 Å². The Balaban J connectivity index is 1.74. The van der Waals surface area contributed by atoms with Crippen molar-refractivity contribution in [3.05, 3.63) is 36.0 Å². The summed E-state index contributed by atoms with van der Waals surface area (Å²) in [5.74, 6) is 0.445. The number of anilines is 1. The van der Waals surface area contributed by atoms with Gasteiger partial charge in [0, 0.05) is 37.3 Å². The summed E-state index contributed by atoms with van der Waals surface area (Å²) in [6.45, 7) is 5.25. The molecule has 10 heteroatoms. The Morgan fingerprint density at radius 2 is 2.00 bits per heavy atom. The molecule has 1 fully saturated rings. The number of pyridine rings is 2. The second-order valence-corrected chi connectivity index (χ2v) is 8.15. The lowest BCUT2D eigenvalue weighted by Crippen LogP contribution is -2.53. The number of H-pyrrole nitrogens is 1. The molecule has 1 unspecified atom stereocenters. The fraction of sp³-hybridized carbons (Fsp3) is 0.450. The normalized spacial score (nSPS) is 18.2. The third-order valence-electron chi connectivity index (χ3n) is 5.07. The number of aromatic nitrogens is 4. The van der Waals surface area contributed by atoms with Crippen LogP contribution in [0, 0.1) is 0 Å². The van der Waals surface area contributed by atoms with Crippen LogP contribution < -0.4 is 10.2 Å². The molecule has 0 radical (unpaired) electrons. The second-order valence-electron chi connectivity index (χ2n) is 8.15. The van der Waals surface area contributed by atoms with Crippen molar-refractivity contribution >= 4 is 16.9 Å². The average Bonchev–Trinajstić information content (AvgIpc) is 3.10. The zero-order valence-corrected chi connectivity index (χ0v) is 16.7. The van der Waals surface area contributed by atoms with Crippen LogP contribution in [0.15, 0.2) is 30.5 Å². The molecule has 4 heterocycles. The quantitative estimate of drug-likeness (QED) is 0.601. The number of nitrogens with zero attached hydrogens (tertiary/aromatic N) is 4. The van der Waals surface area contributed by atoms with Crippen molar-refractivity contribution in [2.24, 2.45) is 0 Å². The maximum Gasteiger partial charge on any atom is 0.418 e.